The number of nitrogens with one attached hydrogen (secondary N) is 1. The van der Waals surface area contributed by atoms with Crippen LogP contribution in [0.5, 0.6) is 5.75 Å². The van der Waals surface area contributed by atoms with Crippen molar-refractivity contribution in [3.8, 4) is 5.75 Å². The highest BCUT2D eigenvalue weighted by Gasteiger charge is 2.46. The van der Waals surface area contributed by atoms with Crippen LogP contribution in [-0.4, -0.2) is 53.0 Å². The quantitative estimate of drug-likeness (QED) is 0.452. The Morgan fingerprint density at radius 2 is 2.00 bits per heavy atom. The van der Waals surface area contributed by atoms with Crippen molar-refractivity contribution < 1.29 is 22.7 Å². The maximum Gasteiger partial charge on any atom is 0.264 e. The summed E-state index contributed by atoms with van der Waals surface area (Å²) < 4.78 is 40.6. The summed E-state index contributed by atoms with van der Waals surface area (Å²) in [5, 5.41) is 0.754. The Balaban J connectivity index is 1.30. The van der Waals surface area contributed by atoms with Gasteiger partial charge in [-0.25, -0.2) is 13.1 Å². The maximum absolute atomic E-state index is 13.2. The van der Waals surface area contributed by atoms with Gasteiger partial charge in [0.2, 0.25) is 10.0 Å². The minimum Gasteiger partial charge on any atom is -0.490 e. The molecular weight excluding hydrogens is 560 g/mol. The maximum atomic E-state index is 13.2. The number of carbonyl (C=O) groups excluding carboxylic acids is 1. The summed E-state index contributed by atoms with van der Waals surface area (Å²) in [6.07, 6.45) is 8.92. The lowest BCUT2D eigenvalue weighted by Gasteiger charge is -2.48. The van der Waals surface area contributed by atoms with E-state index in [4.69, 9.17) is 21.1 Å². The molecule has 4 bridgehead atoms. The molecule has 0 aromatic heterocycles. The van der Waals surface area contributed by atoms with Crippen LogP contribution in [0.4, 0.5) is 5.69 Å². The number of benzene rings is 2. The topological polar surface area (TPSA) is 84.9 Å². The fourth-order valence-corrected chi connectivity index (χ4v) is 9.20. The first-order valence-corrected chi connectivity index (χ1v) is 16.9. The molecule has 2 aromatic rings. The van der Waals surface area contributed by atoms with Crippen molar-refractivity contribution >= 4 is 33.2 Å². The van der Waals surface area contributed by atoms with E-state index < -0.39 is 15.9 Å². The van der Waals surface area contributed by atoms with Crippen molar-refractivity contribution in [2.24, 2.45) is 17.8 Å². The molecule has 1 unspecified atom stereocenters. The summed E-state index contributed by atoms with van der Waals surface area (Å²) >= 11 is 6.40. The number of anilines is 1. The van der Waals surface area contributed by atoms with E-state index in [1.54, 1.807) is 13.2 Å². The first-order chi connectivity index (χ1) is 19.7. The predicted octanol–water partition coefficient (Wildman–Crippen LogP) is 5.26. The van der Waals surface area contributed by atoms with Gasteiger partial charge in [0.05, 0.1) is 24.2 Å². The van der Waals surface area contributed by atoms with Gasteiger partial charge in [-0.2, -0.15) is 0 Å². The van der Waals surface area contributed by atoms with Crippen LogP contribution in [0.1, 0.15) is 60.0 Å². The molecule has 2 aromatic carbocycles. The zero-order valence-electron chi connectivity index (χ0n) is 23.4. The van der Waals surface area contributed by atoms with E-state index in [2.05, 4.69) is 27.8 Å². The Labute approximate surface area is 247 Å². The third-order valence-electron chi connectivity index (χ3n) is 10.2. The molecule has 1 N–H and O–H groups in total. The van der Waals surface area contributed by atoms with E-state index in [1.807, 2.05) is 18.2 Å². The van der Waals surface area contributed by atoms with E-state index in [0.717, 1.165) is 68.1 Å². The van der Waals surface area contributed by atoms with Gasteiger partial charge < -0.3 is 14.4 Å². The molecule has 5 atom stereocenters. The van der Waals surface area contributed by atoms with Crippen LogP contribution in [-0.2, 0) is 26.6 Å². The summed E-state index contributed by atoms with van der Waals surface area (Å²) in [5.74, 6) is 1.12. The molecule has 7 nitrogen and oxygen atoms in total. The third kappa shape index (κ3) is 4.96. The van der Waals surface area contributed by atoms with Crippen LogP contribution in [0, 0.1) is 17.8 Å². The van der Waals surface area contributed by atoms with E-state index >= 15 is 0 Å². The van der Waals surface area contributed by atoms with Crippen LogP contribution in [0.2, 0.25) is 5.02 Å². The predicted molar refractivity (Wildman–Crippen MR) is 159 cm³/mol. The highest BCUT2D eigenvalue weighted by Crippen LogP contribution is 2.48. The molecule has 218 valence electrons. The highest BCUT2D eigenvalue weighted by molar-refractivity contribution is 7.90. The van der Waals surface area contributed by atoms with Gasteiger partial charge >= 0.3 is 0 Å². The molecule has 3 aliphatic heterocycles. The van der Waals surface area contributed by atoms with Crippen molar-refractivity contribution in [2.75, 3.05) is 37.5 Å². The summed E-state index contributed by atoms with van der Waals surface area (Å²) in [6, 6.07) is 11.6. The number of hydrogen-bond donors (Lipinski definition) is 1. The summed E-state index contributed by atoms with van der Waals surface area (Å²) in [4.78, 5) is 15.6. The van der Waals surface area contributed by atoms with Gasteiger partial charge in [-0.15, -0.1) is 0 Å². The van der Waals surface area contributed by atoms with Gasteiger partial charge in [-0.05, 0) is 110 Å². The number of nitrogens with zero attached hydrogens (tertiary/aromatic N) is 1. The van der Waals surface area contributed by atoms with Gasteiger partial charge in [0.15, 0.2) is 0 Å². The minimum atomic E-state index is -3.76. The molecule has 3 aliphatic carbocycles. The summed E-state index contributed by atoms with van der Waals surface area (Å²) in [6.45, 7) is 2.11. The van der Waals surface area contributed by atoms with Crippen LogP contribution >= 0.6 is 11.6 Å². The van der Waals surface area contributed by atoms with Crippen molar-refractivity contribution in [1.29, 1.82) is 0 Å². The smallest absolute Gasteiger partial charge is 0.264 e. The number of ether oxygens (including phenoxy) is 2. The number of methoxy groups -OCH3 is 1. The second kappa shape index (κ2) is 10.3. The molecule has 0 radical (unpaired) electrons. The molecule has 1 fully saturated rings. The standard InChI is InChI=1S/C32H37ClN2O5S/c1-39-30-24-13-20(14-24)10-12-41(37,38)34-31(36)22-5-9-29-28(16-22)35(17-23-4-7-26(23)30)18-32(19-40-29)11-2-3-21-15-25(33)6-8-27(21)32/h5-6,8-9,13,15-16,20,23,26,30H,2-4,7,10-12,14,17-19H2,1H3,(H,34,36)/t20?,23-,26+,30-,32-/m0/s1. The van der Waals surface area contributed by atoms with Crippen molar-refractivity contribution in [1.82, 2.24) is 4.72 Å². The first kappa shape index (κ1) is 27.3. The van der Waals surface area contributed by atoms with Crippen molar-refractivity contribution in [2.45, 2.75) is 56.5 Å². The highest BCUT2D eigenvalue weighted by atomic mass is 35.5. The normalized spacial score (nSPS) is 32.2. The van der Waals surface area contributed by atoms with E-state index in [0.29, 0.717) is 30.4 Å². The number of carbonyl (C=O) groups is 1. The molecule has 3 heterocycles. The number of sulfonamides is 1. The van der Waals surface area contributed by atoms with Gasteiger partial charge in [0.25, 0.3) is 5.91 Å². The molecular formula is C32H37ClN2O5S. The van der Waals surface area contributed by atoms with Gasteiger partial charge in [0.1, 0.15) is 5.75 Å². The lowest BCUT2D eigenvalue weighted by molar-refractivity contribution is 0.000511. The van der Waals surface area contributed by atoms with Gasteiger partial charge in [-0.3, -0.25) is 4.79 Å². The first-order valence-electron chi connectivity index (χ1n) is 14.8. The number of aryl methyl sites for hydroxylation is 1. The zero-order valence-corrected chi connectivity index (χ0v) is 25.0. The summed E-state index contributed by atoms with van der Waals surface area (Å²) in [7, 11) is -1.96. The molecule has 8 rings (SSSR count). The van der Waals surface area contributed by atoms with Gasteiger partial charge in [-0.1, -0.05) is 23.7 Å². The Hall–Kier alpha value is -2.55. The van der Waals surface area contributed by atoms with Crippen LogP contribution in [0.25, 0.3) is 0 Å². The zero-order chi connectivity index (χ0) is 28.4. The Morgan fingerprint density at radius 3 is 2.78 bits per heavy atom. The van der Waals surface area contributed by atoms with Crippen LogP contribution in [0.15, 0.2) is 48.0 Å². The van der Waals surface area contributed by atoms with Crippen LogP contribution in [0.3, 0.4) is 0 Å². The summed E-state index contributed by atoms with van der Waals surface area (Å²) in [5.41, 5.74) is 4.83. The van der Waals surface area contributed by atoms with Gasteiger partial charge in [0, 0.05) is 36.2 Å². The number of hydrogen-bond acceptors (Lipinski definition) is 6. The third-order valence-corrected chi connectivity index (χ3v) is 11.7. The molecule has 9 heteroatoms. The molecule has 41 heavy (non-hydrogen) atoms. The largest absolute Gasteiger partial charge is 0.490 e. The lowest BCUT2D eigenvalue weighted by Crippen LogP contribution is -2.50. The number of amides is 1. The average Bonchev–Trinajstić information content (AvgIpc) is 3.05. The monoisotopic (exact) mass is 596 g/mol. The second-order valence-corrected chi connectivity index (χ2v) is 15.0. The molecule has 6 aliphatic rings. The molecule has 1 saturated carbocycles. The Bertz CT molecular complexity index is 1520. The fourth-order valence-electron chi connectivity index (χ4n) is 7.89. The average molecular weight is 597 g/mol. The Kier molecular flexibility index (Phi) is 6.87. The van der Waals surface area contributed by atoms with E-state index in [9.17, 15) is 13.2 Å². The number of allylic oxidation sites excluding steroid dienone is 1. The molecule has 1 amide bonds. The number of fused-ring (bicyclic) bond motifs is 6. The Morgan fingerprint density at radius 1 is 1.15 bits per heavy atom. The second-order valence-electron chi connectivity index (χ2n) is 12.7. The number of rotatable bonds is 1. The van der Waals surface area contributed by atoms with Crippen molar-refractivity contribution in [3.05, 3.63) is 69.8 Å². The molecule has 1 spiro atoms. The minimum absolute atomic E-state index is 0.0646. The van der Waals surface area contributed by atoms with Crippen molar-refractivity contribution in [3.63, 3.8) is 0 Å². The fraction of sp³-hybridized carbons (Fsp3) is 0.531. The lowest BCUT2D eigenvalue weighted by atomic mass is 9.65. The SMILES string of the molecule is CO[C@H]1C2=CC(CCS(=O)(=O)NC(=O)c3ccc4c(c3)N(C[C@@H]3CC[C@H]31)C[C@@]1(CCCc3cc(Cl)ccc31)CO4)C2. The molecule has 0 saturated heterocycles. The van der Waals surface area contributed by atoms with Crippen LogP contribution < -0.4 is 14.4 Å². The van der Waals surface area contributed by atoms with E-state index in [-0.39, 0.29) is 23.2 Å². The van der Waals surface area contributed by atoms with E-state index in [1.165, 1.54) is 16.7 Å². The number of halogens is 1.